The van der Waals surface area contributed by atoms with Gasteiger partial charge in [0.1, 0.15) is 0 Å². The van der Waals surface area contributed by atoms with Crippen LogP contribution in [0, 0.1) is 29.4 Å². The van der Waals surface area contributed by atoms with Crippen LogP contribution in [0.3, 0.4) is 0 Å². The fraction of sp³-hybridized carbons (Fsp3) is 0.714. The third-order valence-electron chi connectivity index (χ3n) is 8.38. The molecule has 0 spiro atoms. The number of fused-ring (bicyclic) bond motifs is 2. The summed E-state index contributed by atoms with van der Waals surface area (Å²) < 4.78 is 36.4. The van der Waals surface area contributed by atoms with E-state index in [0.717, 1.165) is 69.8 Å². The molecule has 1 aromatic carbocycles. The van der Waals surface area contributed by atoms with Gasteiger partial charge >= 0.3 is 0 Å². The first-order chi connectivity index (χ1) is 15.1. The number of ether oxygens (including phenoxy) is 1. The van der Waals surface area contributed by atoms with E-state index in [2.05, 4.69) is 19.1 Å². The second-order valence-electron chi connectivity index (χ2n) is 10.4. The van der Waals surface area contributed by atoms with Crippen molar-refractivity contribution in [3.63, 3.8) is 0 Å². The molecule has 0 heterocycles. The van der Waals surface area contributed by atoms with E-state index >= 15 is 8.78 Å². The van der Waals surface area contributed by atoms with Crippen LogP contribution in [-0.4, -0.2) is 12.7 Å². The number of hydrogen-bond donors (Lipinski definition) is 0. The van der Waals surface area contributed by atoms with E-state index in [1.54, 1.807) is 0 Å². The highest BCUT2D eigenvalue weighted by molar-refractivity contribution is 5.38. The van der Waals surface area contributed by atoms with Gasteiger partial charge in [-0.3, -0.25) is 0 Å². The molecule has 0 amide bonds. The Morgan fingerprint density at radius 3 is 2.65 bits per heavy atom. The molecule has 0 radical (unpaired) electrons. The molecule has 1 aromatic rings. The third-order valence-corrected chi connectivity index (χ3v) is 8.38. The average Bonchev–Trinajstić information content (AvgIpc) is 2.80. The van der Waals surface area contributed by atoms with Gasteiger partial charge in [0.05, 0.1) is 12.7 Å². The minimum absolute atomic E-state index is 0.180. The standard InChI is InChI=1S/C28H40F2O/c1-3-5-7-19-8-9-23-18-26(28(30)27(29)25(23)15-19)22-11-10-21-17-24(31-14-6-4-2)13-12-20(21)16-22/h4,6,18-22,24H,3,5,7-17H2,1-2H3/b6-4+. The zero-order valence-electron chi connectivity index (χ0n) is 19.5. The molecule has 172 valence electrons. The second kappa shape index (κ2) is 10.6. The van der Waals surface area contributed by atoms with Crippen LogP contribution in [0.5, 0.6) is 0 Å². The van der Waals surface area contributed by atoms with Crippen molar-refractivity contribution in [3.05, 3.63) is 46.5 Å². The Morgan fingerprint density at radius 2 is 1.84 bits per heavy atom. The zero-order chi connectivity index (χ0) is 21.8. The first-order valence-electron chi connectivity index (χ1n) is 12.8. The predicted molar refractivity (Wildman–Crippen MR) is 123 cm³/mol. The molecule has 4 rings (SSSR count). The zero-order valence-corrected chi connectivity index (χ0v) is 19.5. The monoisotopic (exact) mass is 430 g/mol. The molecule has 5 unspecified atom stereocenters. The fourth-order valence-electron chi connectivity index (χ4n) is 6.54. The first kappa shape index (κ1) is 23.0. The van der Waals surface area contributed by atoms with Crippen LogP contribution in [0.2, 0.25) is 0 Å². The van der Waals surface area contributed by atoms with Crippen molar-refractivity contribution in [2.75, 3.05) is 6.61 Å². The number of rotatable bonds is 7. The van der Waals surface area contributed by atoms with Crippen LogP contribution in [0.4, 0.5) is 8.78 Å². The van der Waals surface area contributed by atoms with Crippen LogP contribution in [-0.2, 0) is 17.6 Å². The van der Waals surface area contributed by atoms with E-state index in [1.807, 2.05) is 13.0 Å². The van der Waals surface area contributed by atoms with Crippen LogP contribution in [0.1, 0.15) is 101 Å². The number of aryl methyl sites for hydroxylation is 1. The summed E-state index contributed by atoms with van der Waals surface area (Å²) in [5, 5.41) is 0. The number of halogens is 2. The molecule has 1 nitrogen and oxygen atoms in total. The lowest BCUT2D eigenvalue weighted by Gasteiger charge is -2.42. The largest absolute Gasteiger partial charge is 0.374 e. The van der Waals surface area contributed by atoms with Crippen molar-refractivity contribution in [2.24, 2.45) is 17.8 Å². The highest BCUT2D eigenvalue weighted by atomic mass is 19.2. The Kier molecular flexibility index (Phi) is 7.85. The molecule has 0 aromatic heterocycles. The second-order valence-corrected chi connectivity index (χ2v) is 10.4. The Balaban J connectivity index is 1.42. The van der Waals surface area contributed by atoms with E-state index in [0.29, 0.717) is 41.6 Å². The summed E-state index contributed by atoms with van der Waals surface area (Å²) in [7, 11) is 0. The van der Waals surface area contributed by atoms with Gasteiger partial charge in [-0.1, -0.05) is 44.4 Å². The fourth-order valence-corrected chi connectivity index (χ4v) is 6.54. The minimum Gasteiger partial charge on any atom is -0.374 e. The number of unbranched alkanes of at least 4 members (excludes halogenated alkanes) is 1. The summed E-state index contributed by atoms with van der Waals surface area (Å²) >= 11 is 0. The van der Waals surface area contributed by atoms with Crippen molar-refractivity contribution in [3.8, 4) is 0 Å². The summed E-state index contributed by atoms with van der Waals surface area (Å²) in [5.74, 6) is 0.952. The number of hydrogen-bond acceptors (Lipinski definition) is 1. The lowest BCUT2D eigenvalue weighted by atomic mass is 9.65. The minimum atomic E-state index is -0.540. The maximum Gasteiger partial charge on any atom is 0.162 e. The summed E-state index contributed by atoms with van der Waals surface area (Å²) in [6.07, 6.45) is 17.3. The molecule has 2 fully saturated rings. The predicted octanol–water partition coefficient (Wildman–Crippen LogP) is 7.91. The van der Waals surface area contributed by atoms with Gasteiger partial charge in [0.2, 0.25) is 0 Å². The van der Waals surface area contributed by atoms with Gasteiger partial charge in [-0.2, -0.15) is 0 Å². The Labute approximate surface area is 187 Å². The molecule has 0 aliphatic heterocycles. The summed E-state index contributed by atoms with van der Waals surface area (Å²) in [4.78, 5) is 0. The number of allylic oxidation sites excluding steroid dienone is 1. The quantitative estimate of drug-likeness (QED) is 0.399. The van der Waals surface area contributed by atoms with E-state index < -0.39 is 11.6 Å². The van der Waals surface area contributed by atoms with Gasteiger partial charge in [0.25, 0.3) is 0 Å². The molecule has 3 aliphatic carbocycles. The van der Waals surface area contributed by atoms with E-state index in [1.165, 1.54) is 12.8 Å². The lowest BCUT2D eigenvalue weighted by Crippen LogP contribution is -2.34. The number of benzene rings is 1. The Bertz CT molecular complexity index is 771. The first-order valence-corrected chi connectivity index (χ1v) is 12.8. The topological polar surface area (TPSA) is 9.23 Å². The van der Waals surface area contributed by atoms with Gasteiger partial charge in [0, 0.05) is 0 Å². The normalized spacial score (nSPS) is 30.9. The Morgan fingerprint density at radius 1 is 1.03 bits per heavy atom. The highest BCUT2D eigenvalue weighted by Crippen LogP contribution is 2.48. The average molecular weight is 431 g/mol. The van der Waals surface area contributed by atoms with E-state index in [-0.39, 0.29) is 5.92 Å². The molecule has 3 heteroatoms. The van der Waals surface area contributed by atoms with Crippen molar-refractivity contribution in [1.29, 1.82) is 0 Å². The van der Waals surface area contributed by atoms with Gasteiger partial charge in [-0.15, -0.1) is 0 Å². The molecule has 31 heavy (non-hydrogen) atoms. The Hall–Kier alpha value is -1.22. The summed E-state index contributed by atoms with van der Waals surface area (Å²) in [6, 6.07) is 2.06. The van der Waals surface area contributed by atoms with Crippen molar-refractivity contribution >= 4 is 0 Å². The molecular formula is C28H40F2O. The summed E-state index contributed by atoms with van der Waals surface area (Å²) in [5.41, 5.74) is 2.44. The molecule has 0 N–H and O–H groups in total. The van der Waals surface area contributed by atoms with E-state index in [4.69, 9.17) is 4.74 Å². The van der Waals surface area contributed by atoms with E-state index in [9.17, 15) is 0 Å². The van der Waals surface area contributed by atoms with Crippen molar-refractivity contribution in [2.45, 2.75) is 103 Å². The van der Waals surface area contributed by atoms with Crippen LogP contribution in [0.15, 0.2) is 18.2 Å². The van der Waals surface area contributed by atoms with Crippen LogP contribution in [0.25, 0.3) is 0 Å². The van der Waals surface area contributed by atoms with Crippen molar-refractivity contribution in [1.82, 2.24) is 0 Å². The van der Waals surface area contributed by atoms with Crippen molar-refractivity contribution < 1.29 is 13.5 Å². The van der Waals surface area contributed by atoms with Gasteiger partial charge in [-0.05, 0) is 105 Å². The molecule has 3 aliphatic rings. The molecule has 2 saturated carbocycles. The SMILES string of the molecule is C/C=C/COC1CCC2CC(c3cc4c(c(F)c3F)CC(CCCC)CC4)CCC2C1. The molecular weight excluding hydrogens is 390 g/mol. The lowest BCUT2D eigenvalue weighted by molar-refractivity contribution is -0.00337. The van der Waals surface area contributed by atoms with Gasteiger partial charge < -0.3 is 4.74 Å². The van der Waals surface area contributed by atoms with Gasteiger partial charge in [-0.25, -0.2) is 8.78 Å². The maximum absolute atomic E-state index is 15.2. The highest BCUT2D eigenvalue weighted by Gasteiger charge is 2.38. The molecule has 0 bridgehead atoms. The maximum atomic E-state index is 15.2. The van der Waals surface area contributed by atoms with Crippen LogP contribution < -0.4 is 0 Å². The smallest absolute Gasteiger partial charge is 0.162 e. The molecule has 5 atom stereocenters. The van der Waals surface area contributed by atoms with Gasteiger partial charge in [0.15, 0.2) is 11.6 Å². The third kappa shape index (κ3) is 5.24. The van der Waals surface area contributed by atoms with Crippen LogP contribution >= 0.6 is 0 Å². The molecule has 0 saturated heterocycles. The summed E-state index contributed by atoms with van der Waals surface area (Å²) in [6.45, 7) is 4.93.